The molecule has 1 aliphatic rings. The molecule has 0 bridgehead atoms. The van der Waals surface area contributed by atoms with Crippen molar-refractivity contribution in [2.24, 2.45) is 10.2 Å². The van der Waals surface area contributed by atoms with E-state index in [0.717, 1.165) is 0 Å². The molecule has 20 heavy (non-hydrogen) atoms. The maximum atomic E-state index is 12.0. The van der Waals surface area contributed by atoms with Crippen LogP contribution in [0.4, 0.5) is 8.78 Å². The zero-order valence-corrected chi connectivity index (χ0v) is 11.1. The van der Waals surface area contributed by atoms with Gasteiger partial charge in [-0.05, 0) is 17.7 Å². The van der Waals surface area contributed by atoms with Crippen LogP contribution in [-0.2, 0) is 4.79 Å². The number of ether oxygens (including phenoxy) is 1. The van der Waals surface area contributed by atoms with Crippen LogP contribution in [0.3, 0.4) is 0 Å². The first kappa shape index (κ1) is 14.4. The zero-order chi connectivity index (χ0) is 14.4. The van der Waals surface area contributed by atoms with E-state index in [-0.39, 0.29) is 5.91 Å². The third-order valence-electron chi connectivity index (χ3n) is 2.18. The number of rotatable bonds is 5. The lowest BCUT2D eigenvalue weighted by molar-refractivity contribution is -0.116. The summed E-state index contributed by atoms with van der Waals surface area (Å²) in [7, 11) is 0. The number of hydrogen-bond acceptors (Lipinski definition) is 5. The van der Waals surface area contributed by atoms with Crippen molar-refractivity contribution in [2.45, 2.75) is 6.43 Å². The monoisotopic (exact) mass is 299 g/mol. The van der Waals surface area contributed by atoms with Crippen molar-refractivity contribution in [3.8, 4) is 5.75 Å². The third-order valence-corrected chi connectivity index (χ3v) is 3.04. The van der Waals surface area contributed by atoms with Gasteiger partial charge in [-0.15, -0.1) is 5.10 Å². The second-order valence-corrected chi connectivity index (χ2v) is 4.73. The summed E-state index contributed by atoms with van der Waals surface area (Å²) in [5.74, 6) is 0.572. The summed E-state index contributed by atoms with van der Waals surface area (Å²) < 4.78 is 28.9. The van der Waals surface area contributed by atoms with Gasteiger partial charge < -0.3 is 10.1 Å². The van der Waals surface area contributed by atoms with Crippen LogP contribution in [0.2, 0.25) is 0 Å². The lowest BCUT2D eigenvalue weighted by Crippen LogP contribution is -2.19. The smallest absolute Gasteiger partial charge is 0.272 e. The first-order valence-corrected chi connectivity index (χ1v) is 6.67. The Morgan fingerprint density at radius 1 is 1.50 bits per heavy atom. The molecule has 1 heterocycles. The fraction of sp³-hybridized carbons (Fsp3) is 0.250. The highest BCUT2D eigenvalue weighted by molar-refractivity contribution is 8.15. The van der Waals surface area contributed by atoms with E-state index in [1.165, 1.54) is 18.0 Å². The van der Waals surface area contributed by atoms with Crippen LogP contribution < -0.4 is 10.1 Å². The molecule has 1 fully saturated rings. The summed E-state index contributed by atoms with van der Waals surface area (Å²) >= 11 is 1.27. The van der Waals surface area contributed by atoms with Crippen molar-refractivity contribution in [3.63, 3.8) is 0 Å². The van der Waals surface area contributed by atoms with Crippen LogP contribution >= 0.6 is 11.8 Å². The molecule has 0 aromatic heterocycles. The number of amidine groups is 1. The minimum atomic E-state index is -2.51. The molecular weight excluding hydrogens is 288 g/mol. The normalized spacial score (nSPS) is 17.1. The van der Waals surface area contributed by atoms with E-state index in [1.807, 2.05) is 0 Å². The predicted molar refractivity (Wildman–Crippen MR) is 73.6 cm³/mol. The molecule has 1 aliphatic heterocycles. The van der Waals surface area contributed by atoms with Gasteiger partial charge in [-0.2, -0.15) is 5.10 Å². The fourth-order valence-electron chi connectivity index (χ4n) is 1.37. The molecule has 8 heteroatoms. The first-order valence-electron chi connectivity index (χ1n) is 5.68. The van der Waals surface area contributed by atoms with Crippen LogP contribution in [0.5, 0.6) is 5.75 Å². The Kier molecular flexibility index (Phi) is 5.05. The Morgan fingerprint density at radius 3 is 3.05 bits per heavy atom. The van der Waals surface area contributed by atoms with Crippen LogP contribution in [0, 0.1) is 0 Å². The van der Waals surface area contributed by atoms with Crippen molar-refractivity contribution < 1.29 is 18.3 Å². The topological polar surface area (TPSA) is 63.0 Å². The first-order chi connectivity index (χ1) is 9.63. The number of nitrogens with one attached hydrogen (secondary N) is 1. The van der Waals surface area contributed by atoms with Gasteiger partial charge in [0.25, 0.3) is 6.43 Å². The van der Waals surface area contributed by atoms with Crippen LogP contribution in [-0.4, -0.2) is 36.1 Å². The van der Waals surface area contributed by atoms with E-state index in [9.17, 15) is 13.6 Å². The molecule has 1 N–H and O–H groups in total. The van der Waals surface area contributed by atoms with Gasteiger partial charge in [-0.25, -0.2) is 8.78 Å². The molecule has 0 aliphatic carbocycles. The van der Waals surface area contributed by atoms with E-state index in [0.29, 0.717) is 22.2 Å². The SMILES string of the molecule is O=C1CSC(=NN=Cc2cccc(OCC(F)F)c2)N1. The fourth-order valence-corrected chi connectivity index (χ4v) is 2.00. The van der Waals surface area contributed by atoms with Crippen LogP contribution in [0.25, 0.3) is 0 Å². The second kappa shape index (κ2) is 6.99. The lowest BCUT2D eigenvalue weighted by atomic mass is 10.2. The average molecular weight is 299 g/mol. The summed E-state index contributed by atoms with van der Waals surface area (Å²) in [5.41, 5.74) is 0.662. The van der Waals surface area contributed by atoms with Gasteiger partial charge in [-0.1, -0.05) is 23.9 Å². The van der Waals surface area contributed by atoms with Gasteiger partial charge >= 0.3 is 0 Å². The zero-order valence-electron chi connectivity index (χ0n) is 10.3. The Bertz CT molecular complexity index is 549. The maximum Gasteiger partial charge on any atom is 0.272 e. The highest BCUT2D eigenvalue weighted by Crippen LogP contribution is 2.13. The molecule has 0 radical (unpaired) electrons. The lowest BCUT2D eigenvalue weighted by Gasteiger charge is -2.05. The molecular formula is C12H11F2N3O2S. The highest BCUT2D eigenvalue weighted by Gasteiger charge is 2.15. The van der Waals surface area contributed by atoms with Gasteiger partial charge in [-0.3, -0.25) is 4.79 Å². The molecule has 2 rings (SSSR count). The molecule has 1 amide bonds. The van der Waals surface area contributed by atoms with Crippen molar-refractivity contribution in [3.05, 3.63) is 29.8 Å². The molecule has 0 spiro atoms. The van der Waals surface area contributed by atoms with Crippen molar-refractivity contribution >= 4 is 29.1 Å². The number of hydrogen-bond donors (Lipinski definition) is 1. The molecule has 0 atom stereocenters. The number of carbonyl (C=O) groups excluding carboxylic acids is 1. The number of nitrogens with zero attached hydrogens (tertiary/aromatic N) is 2. The maximum absolute atomic E-state index is 12.0. The van der Waals surface area contributed by atoms with Gasteiger partial charge in [0.2, 0.25) is 5.91 Å². The van der Waals surface area contributed by atoms with E-state index in [4.69, 9.17) is 4.74 Å². The van der Waals surface area contributed by atoms with E-state index < -0.39 is 13.0 Å². The van der Waals surface area contributed by atoms with Gasteiger partial charge in [0, 0.05) is 0 Å². The summed E-state index contributed by atoms with van der Waals surface area (Å²) in [6, 6.07) is 6.56. The van der Waals surface area contributed by atoms with E-state index in [1.54, 1.807) is 24.3 Å². The average Bonchev–Trinajstić information content (AvgIpc) is 2.83. The third kappa shape index (κ3) is 4.61. The molecule has 5 nitrogen and oxygen atoms in total. The highest BCUT2D eigenvalue weighted by atomic mass is 32.2. The van der Waals surface area contributed by atoms with Crippen molar-refractivity contribution in [2.75, 3.05) is 12.4 Å². The Hall–Kier alpha value is -1.96. The number of thioether (sulfide) groups is 1. The van der Waals surface area contributed by atoms with Gasteiger partial charge in [0.1, 0.15) is 12.4 Å². The van der Waals surface area contributed by atoms with E-state index in [2.05, 4.69) is 15.5 Å². The molecule has 106 valence electrons. The largest absolute Gasteiger partial charge is 0.488 e. The number of carbonyl (C=O) groups is 1. The number of benzene rings is 1. The summed E-state index contributed by atoms with van der Waals surface area (Å²) in [6.45, 7) is -0.647. The summed E-state index contributed by atoms with van der Waals surface area (Å²) in [5, 5.41) is 10.6. The molecule has 1 aromatic rings. The van der Waals surface area contributed by atoms with Gasteiger partial charge in [0.15, 0.2) is 5.17 Å². The quantitative estimate of drug-likeness (QED) is 0.667. The number of amides is 1. The molecule has 1 saturated heterocycles. The van der Waals surface area contributed by atoms with Crippen molar-refractivity contribution in [1.82, 2.24) is 5.32 Å². The van der Waals surface area contributed by atoms with Crippen LogP contribution in [0.15, 0.2) is 34.5 Å². The minimum absolute atomic E-state index is 0.105. The van der Waals surface area contributed by atoms with Crippen LogP contribution in [0.1, 0.15) is 5.56 Å². The Balaban J connectivity index is 1.95. The summed E-state index contributed by atoms with van der Waals surface area (Å²) in [4.78, 5) is 10.9. The second-order valence-electron chi connectivity index (χ2n) is 3.76. The minimum Gasteiger partial charge on any atom is -0.488 e. The molecule has 0 saturated carbocycles. The van der Waals surface area contributed by atoms with Crippen molar-refractivity contribution in [1.29, 1.82) is 0 Å². The number of alkyl halides is 2. The number of halogens is 2. The standard InChI is InChI=1S/C12H11F2N3O2S/c13-10(14)6-19-9-3-1-2-8(4-9)5-15-17-12-16-11(18)7-20-12/h1-5,10H,6-7H2,(H,16,17,18). The molecule has 0 unspecified atom stereocenters. The summed E-state index contributed by atoms with van der Waals surface area (Å²) in [6.07, 6.45) is -1.06. The Labute approximate surface area is 118 Å². The Morgan fingerprint density at radius 2 is 2.35 bits per heavy atom. The van der Waals surface area contributed by atoms with Gasteiger partial charge in [0.05, 0.1) is 12.0 Å². The predicted octanol–water partition coefficient (Wildman–Crippen LogP) is 1.88. The van der Waals surface area contributed by atoms with E-state index >= 15 is 0 Å². The molecule has 1 aromatic carbocycles.